The molecule has 1 fully saturated rings. The molecule has 0 radical (unpaired) electrons. The maximum absolute atomic E-state index is 14.5. The highest BCUT2D eigenvalue weighted by molar-refractivity contribution is 5.81. The van der Waals surface area contributed by atoms with Gasteiger partial charge in [0.25, 0.3) is 0 Å². The van der Waals surface area contributed by atoms with Crippen LogP contribution in [0.5, 0.6) is 5.75 Å². The third-order valence-electron chi connectivity index (χ3n) is 5.45. The van der Waals surface area contributed by atoms with E-state index in [1.54, 1.807) is 0 Å². The van der Waals surface area contributed by atoms with Crippen molar-refractivity contribution in [2.24, 2.45) is 0 Å². The highest BCUT2D eigenvalue weighted by Gasteiger charge is 2.29. The average Bonchev–Trinajstić information content (AvgIpc) is 3.22. The van der Waals surface area contributed by atoms with Crippen LogP contribution in [0.4, 0.5) is 31.5 Å². The number of rotatable bonds is 3. The van der Waals surface area contributed by atoms with Gasteiger partial charge in [0.1, 0.15) is 5.69 Å². The largest absolute Gasteiger partial charge is 0.503 e. The summed E-state index contributed by atoms with van der Waals surface area (Å²) in [5, 5.41) is 11.1. The molecule has 3 aromatic rings. The number of nitrogens with zero attached hydrogens (tertiary/aromatic N) is 2. The summed E-state index contributed by atoms with van der Waals surface area (Å²) in [6.45, 7) is 2.01. The summed E-state index contributed by atoms with van der Waals surface area (Å²) < 4.78 is 33.8. The summed E-state index contributed by atoms with van der Waals surface area (Å²) in [5.41, 5.74) is 8.61. The third-order valence-corrected chi connectivity index (χ3v) is 5.45. The van der Waals surface area contributed by atoms with E-state index in [0.717, 1.165) is 18.3 Å². The minimum atomic E-state index is -1.02. The summed E-state index contributed by atoms with van der Waals surface area (Å²) in [7, 11) is 0. The number of ether oxygens (including phenoxy) is 1. The van der Waals surface area contributed by atoms with Crippen molar-refractivity contribution in [1.82, 2.24) is 5.53 Å². The fourth-order valence-corrected chi connectivity index (χ4v) is 3.94. The molecule has 2 aliphatic heterocycles. The molecule has 8 heteroatoms. The lowest BCUT2D eigenvalue weighted by Crippen LogP contribution is -2.39. The molecule has 3 aromatic carbocycles. The molecule has 6 nitrogen and oxygen atoms in total. The van der Waals surface area contributed by atoms with Crippen LogP contribution in [0, 0.1) is 11.6 Å². The summed E-state index contributed by atoms with van der Waals surface area (Å²) in [4.78, 5) is 2.29. The number of fused-ring (bicyclic) bond motifs is 1. The highest BCUT2D eigenvalue weighted by atomic mass is 19.1. The Morgan fingerprint density at radius 3 is 2.50 bits per heavy atom. The molecule has 0 amide bonds. The Bertz CT molecular complexity index is 1060. The van der Waals surface area contributed by atoms with Gasteiger partial charge in [-0.2, -0.15) is 0 Å². The number of phenols is 1. The molecule has 0 aromatic heterocycles. The molecule has 154 valence electrons. The Morgan fingerprint density at radius 1 is 1.00 bits per heavy atom. The molecule has 2 aliphatic rings. The Hall–Kier alpha value is -3.36. The SMILES string of the molecule is Oc1c(F)cc2c(c1F)N(c1ccc(N3CCOC[C@H]3c3ccccc3)cc1)NN2. The van der Waals surface area contributed by atoms with Crippen molar-refractivity contribution in [3.8, 4) is 5.75 Å². The molecular weight excluding hydrogens is 390 g/mol. The first-order valence-corrected chi connectivity index (χ1v) is 9.65. The molecular formula is C22H20F2N4O2. The summed E-state index contributed by atoms with van der Waals surface area (Å²) in [6, 6.07) is 19.0. The van der Waals surface area contributed by atoms with Gasteiger partial charge in [-0.1, -0.05) is 30.3 Å². The summed E-state index contributed by atoms with van der Waals surface area (Å²) in [5.74, 6) is -3.04. The lowest BCUT2D eigenvalue weighted by atomic mass is 10.0. The lowest BCUT2D eigenvalue weighted by Gasteiger charge is -2.38. The van der Waals surface area contributed by atoms with E-state index in [1.165, 1.54) is 10.6 Å². The quantitative estimate of drug-likeness (QED) is 0.562. The van der Waals surface area contributed by atoms with Crippen LogP contribution in [0.25, 0.3) is 0 Å². The van der Waals surface area contributed by atoms with Gasteiger partial charge < -0.3 is 20.2 Å². The molecule has 0 saturated carbocycles. The topological polar surface area (TPSA) is 60.0 Å². The van der Waals surface area contributed by atoms with Gasteiger partial charge in [-0.15, -0.1) is 5.53 Å². The predicted molar refractivity (Wildman–Crippen MR) is 111 cm³/mol. The van der Waals surface area contributed by atoms with Crippen molar-refractivity contribution >= 4 is 22.7 Å². The second kappa shape index (κ2) is 7.47. The lowest BCUT2D eigenvalue weighted by molar-refractivity contribution is 0.0941. The zero-order valence-electron chi connectivity index (χ0n) is 16.0. The average molecular weight is 410 g/mol. The van der Waals surface area contributed by atoms with Crippen LogP contribution in [-0.2, 0) is 4.74 Å². The monoisotopic (exact) mass is 410 g/mol. The minimum Gasteiger partial charge on any atom is -0.503 e. The maximum Gasteiger partial charge on any atom is 0.195 e. The third kappa shape index (κ3) is 3.10. The van der Waals surface area contributed by atoms with Crippen molar-refractivity contribution in [2.75, 3.05) is 35.1 Å². The molecule has 1 saturated heterocycles. The van der Waals surface area contributed by atoms with Crippen LogP contribution >= 0.6 is 0 Å². The van der Waals surface area contributed by atoms with E-state index in [4.69, 9.17) is 4.74 Å². The van der Waals surface area contributed by atoms with Gasteiger partial charge >= 0.3 is 0 Å². The van der Waals surface area contributed by atoms with Gasteiger partial charge in [0.2, 0.25) is 0 Å². The van der Waals surface area contributed by atoms with Gasteiger partial charge in [0.05, 0.1) is 30.6 Å². The number of halogens is 2. The van der Waals surface area contributed by atoms with Gasteiger partial charge in [-0.25, -0.2) is 8.78 Å². The van der Waals surface area contributed by atoms with Crippen molar-refractivity contribution in [3.63, 3.8) is 0 Å². The number of hydrogen-bond donors (Lipinski definition) is 3. The van der Waals surface area contributed by atoms with Crippen LogP contribution in [-0.4, -0.2) is 24.9 Å². The van der Waals surface area contributed by atoms with E-state index in [2.05, 4.69) is 28.0 Å². The number of nitrogens with one attached hydrogen (secondary N) is 2. The number of hydrogen-bond acceptors (Lipinski definition) is 6. The molecule has 0 aliphatic carbocycles. The van der Waals surface area contributed by atoms with Crippen molar-refractivity contribution in [3.05, 3.63) is 77.9 Å². The highest BCUT2D eigenvalue weighted by Crippen LogP contribution is 2.42. The van der Waals surface area contributed by atoms with Gasteiger partial charge in [-0.05, 0) is 29.8 Å². The molecule has 2 heterocycles. The fourth-order valence-electron chi connectivity index (χ4n) is 3.94. The molecule has 0 unspecified atom stereocenters. The van der Waals surface area contributed by atoms with Gasteiger partial charge in [-0.3, -0.25) is 5.01 Å². The van der Waals surface area contributed by atoms with Crippen molar-refractivity contribution in [1.29, 1.82) is 0 Å². The van der Waals surface area contributed by atoms with E-state index in [0.29, 0.717) is 18.9 Å². The van der Waals surface area contributed by atoms with Crippen LogP contribution in [0.3, 0.4) is 0 Å². The van der Waals surface area contributed by atoms with Gasteiger partial charge in [0, 0.05) is 18.3 Å². The Balaban J connectivity index is 1.44. The number of anilines is 4. The normalized spacial score (nSPS) is 18.3. The second-order valence-corrected chi connectivity index (χ2v) is 7.20. The first-order chi connectivity index (χ1) is 14.6. The van der Waals surface area contributed by atoms with Crippen LogP contribution < -0.4 is 20.9 Å². The minimum absolute atomic E-state index is 0.0372. The van der Waals surface area contributed by atoms with Crippen molar-refractivity contribution in [2.45, 2.75) is 6.04 Å². The van der Waals surface area contributed by atoms with Crippen LogP contribution in [0.15, 0.2) is 60.7 Å². The summed E-state index contributed by atoms with van der Waals surface area (Å²) >= 11 is 0. The number of aromatic hydroxyl groups is 1. The van der Waals surface area contributed by atoms with Crippen LogP contribution in [0.2, 0.25) is 0 Å². The number of phenolic OH excluding ortho intramolecular Hbond substituents is 1. The van der Waals surface area contributed by atoms with E-state index in [1.807, 2.05) is 42.5 Å². The Kier molecular flexibility index (Phi) is 4.65. The molecule has 1 atom stereocenters. The second-order valence-electron chi connectivity index (χ2n) is 7.20. The number of hydrazine groups is 2. The molecule has 0 spiro atoms. The Labute approximate surface area is 172 Å². The molecule has 3 N–H and O–H groups in total. The van der Waals surface area contributed by atoms with E-state index >= 15 is 0 Å². The smallest absolute Gasteiger partial charge is 0.195 e. The van der Waals surface area contributed by atoms with E-state index in [-0.39, 0.29) is 17.4 Å². The summed E-state index contributed by atoms with van der Waals surface area (Å²) in [6.07, 6.45) is 0. The Morgan fingerprint density at radius 2 is 1.73 bits per heavy atom. The molecule has 30 heavy (non-hydrogen) atoms. The number of morpholine rings is 1. The zero-order valence-corrected chi connectivity index (χ0v) is 16.0. The van der Waals surface area contributed by atoms with E-state index < -0.39 is 17.4 Å². The predicted octanol–water partition coefficient (Wildman–Crippen LogP) is 4.23. The fraction of sp³-hybridized carbons (Fsp3) is 0.182. The molecule has 0 bridgehead atoms. The maximum atomic E-state index is 14.5. The van der Waals surface area contributed by atoms with Gasteiger partial charge in [0.15, 0.2) is 17.4 Å². The standard InChI is InChI=1S/C22H20F2N4O2/c23-17-12-18-21(20(24)22(17)29)28(26-25-18)16-8-6-15(7-9-16)27-10-11-30-13-19(27)14-4-2-1-3-5-14/h1-9,12,19,25-26,29H,10-11,13H2/t19-/m0/s1. The van der Waals surface area contributed by atoms with E-state index in [9.17, 15) is 13.9 Å². The van der Waals surface area contributed by atoms with Crippen molar-refractivity contribution < 1.29 is 18.6 Å². The van der Waals surface area contributed by atoms with Crippen LogP contribution in [0.1, 0.15) is 11.6 Å². The molecule has 5 rings (SSSR count). The zero-order chi connectivity index (χ0) is 20.7. The first-order valence-electron chi connectivity index (χ1n) is 9.65. The first kappa shape index (κ1) is 18.7. The number of benzene rings is 3.